The molecule has 1 heterocycles. The molecule has 1 fully saturated rings. The van der Waals surface area contributed by atoms with E-state index in [2.05, 4.69) is 16.5 Å². The molecule has 4 heteroatoms. The lowest BCUT2D eigenvalue weighted by molar-refractivity contribution is -0.135. The van der Waals surface area contributed by atoms with Crippen LogP contribution >= 0.6 is 0 Å². The first-order valence-electron chi connectivity index (χ1n) is 8.06. The Labute approximate surface area is 122 Å². The fourth-order valence-corrected chi connectivity index (χ4v) is 3.34. The molecule has 1 unspecified atom stereocenters. The number of nitrogens with zero attached hydrogens (tertiary/aromatic N) is 2. The number of imidazole rings is 1. The van der Waals surface area contributed by atoms with Gasteiger partial charge in [0.05, 0.1) is 0 Å². The molecule has 1 aliphatic carbocycles. The fraction of sp³-hybridized carbons (Fsp3) is 0.812. The van der Waals surface area contributed by atoms with Gasteiger partial charge in [0, 0.05) is 25.5 Å². The number of rotatable bonds is 6. The highest BCUT2D eigenvalue weighted by atomic mass is 16.5. The molecule has 0 aliphatic heterocycles. The Morgan fingerprint density at radius 2 is 2.00 bits per heavy atom. The number of aromatic nitrogens is 2. The van der Waals surface area contributed by atoms with Crippen molar-refractivity contribution in [2.75, 3.05) is 6.61 Å². The highest BCUT2D eigenvalue weighted by molar-refractivity contribution is 5.05. The molecule has 0 aromatic carbocycles. The van der Waals surface area contributed by atoms with E-state index >= 15 is 0 Å². The normalized spacial score (nSPS) is 20.6. The zero-order valence-electron chi connectivity index (χ0n) is 12.8. The molecule has 0 radical (unpaired) electrons. The van der Waals surface area contributed by atoms with E-state index in [0.29, 0.717) is 6.61 Å². The van der Waals surface area contributed by atoms with Crippen molar-refractivity contribution in [1.82, 2.24) is 9.55 Å². The molecule has 20 heavy (non-hydrogen) atoms. The summed E-state index contributed by atoms with van der Waals surface area (Å²) in [5.74, 6) is 0.766. The van der Waals surface area contributed by atoms with E-state index < -0.39 is 11.7 Å². The lowest BCUT2D eigenvalue weighted by Gasteiger charge is -2.37. The van der Waals surface area contributed by atoms with Crippen LogP contribution in [-0.4, -0.2) is 26.9 Å². The molecule has 1 aliphatic rings. The first-order valence-corrected chi connectivity index (χ1v) is 8.06. The third-order valence-corrected chi connectivity index (χ3v) is 4.34. The third-order valence-electron chi connectivity index (χ3n) is 4.34. The smallest absolute Gasteiger partial charge is 0.141 e. The quantitative estimate of drug-likeness (QED) is 0.812. The summed E-state index contributed by atoms with van der Waals surface area (Å²) in [6, 6.07) is 0. The molecule has 0 spiro atoms. The Morgan fingerprint density at radius 1 is 1.30 bits per heavy atom. The number of ether oxygens (including phenoxy) is 1. The van der Waals surface area contributed by atoms with Crippen LogP contribution in [0, 0.1) is 0 Å². The Bertz CT molecular complexity index is 395. The molecular weight excluding hydrogens is 252 g/mol. The Kier molecular flexibility index (Phi) is 5.61. The molecule has 1 aromatic heterocycles. The Balaban J connectivity index is 2.24. The van der Waals surface area contributed by atoms with Crippen LogP contribution in [-0.2, 0) is 11.3 Å². The molecule has 0 bridgehead atoms. The van der Waals surface area contributed by atoms with E-state index in [0.717, 1.165) is 44.5 Å². The van der Waals surface area contributed by atoms with Gasteiger partial charge in [-0.05, 0) is 26.2 Å². The predicted molar refractivity (Wildman–Crippen MR) is 79.5 cm³/mol. The van der Waals surface area contributed by atoms with Gasteiger partial charge in [0.15, 0.2) is 0 Å². The standard InChI is InChI=1S/C16H28N2O2/c1-3-12-18-13-11-17-15(18)14(19)16(20-4-2)9-7-5-6-8-10-16/h11,13-14,19H,3-10,12H2,1-2H3. The first-order chi connectivity index (χ1) is 9.73. The summed E-state index contributed by atoms with van der Waals surface area (Å²) >= 11 is 0. The minimum absolute atomic E-state index is 0.442. The van der Waals surface area contributed by atoms with E-state index in [9.17, 15) is 5.11 Å². The summed E-state index contributed by atoms with van der Waals surface area (Å²) in [5, 5.41) is 10.9. The van der Waals surface area contributed by atoms with Gasteiger partial charge in [-0.2, -0.15) is 0 Å². The van der Waals surface area contributed by atoms with Crippen molar-refractivity contribution in [1.29, 1.82) is 0 Å². The summed E-state index contributed by atoms with van der Waals surface area (Å²) in [6.45, 7) is 5.69. The minimum atomic E-state index is -0.623. The van der Waals surface area contributed by atoms with Crippen molar-refractivity contribution in [2.24, 2.45) is 0 Å². The van der Waals surface area contributed by atoms with Gasteiger partial charge in [-0.25, -0.2) is 4.98 Å². The van der Waals surface area contributed by atoms with Gasteiger partial charge in [-0.15, -0.1) is 0 Å². The van der Waals surface area contributed by atoms with Crippen molar-refractivity contribution in [2.45, 2.75) is 77.0 Å². The Hall–Kier alpha value is -0.870. The van der Waals surface area contributed by atoms with Crippen molar-refractivity contribution in [3.8, 4) is 0 Å². The van der Waals surface area contributed by atoms with E-state index in [4.69, 9.17) is 4.74 Å². The highest BCUT2D eigenvalue weighted by Gasteiger charge is 2.41. The monoisotopic (exact) mass is 280 g/mol. The lowest BCUT2D eigenvalue weighted by atomic mass is 9.87. The van der Waals surface area contributed by atoms with Crippen LogP contribution < -0.4 is 0 Å². The number of hydrogen-bond donors (Lipinski definition) is 1. The third kappa shape index (κ3) is 3.23. The SMILES string of the molecule is CCCn1ccnc1C(O)C1(OCC)CCCCCC1. The molecule has 4 nitrogen and oxygen atoms in total. The van der Waals surface area contributed by atoms with E-state index in [1.807, 2.05) is 13.1 Å². The summed E-state index contributed by atoms with van der Waals surface area (Å²) in [5.41, 5.74) is -0.442. The van der Waals surface area contributed by atoms with Gasteiger partial charge in [-0.3, -0.25) is 0 Å². The molecule has 1 atom stereocenters. The lowest BCUT2D eigenvalue weighted by Crippen LogP contribution is -2.40. The molecule has 1 saturated carbocycles. The molecule has 0 saturated heterocycles. The molecule has 0 amide bonds. The van der Waals surface area contributed by atoms with Crippen LogP contribution in [0.5, 0.6) is 0 Å². The van der Waals surface area contributed by atoms with E-state index in [1.54, 1.807) is 6.20 Å². The highest BCUT2D eigenvalue weighted by Crippen LogP contribution is 2.40. The molecule has 1 aromatic rings. The molecule has 2 rings (SSSR count). The zero-order valence-corrected chi connectivity index (χ0v) is 12.8. The topological polar surface area (TPSA) is 47.3 Å². The second kappa shape index (κ2) is 7.23. The largest absolute Gasteiger partial charge is 0.382 e. The maximum absolute atomic E-state index is 10.9. The van der Waals surface area contributed by atoms with Gasteiger partial charge in [-0.1, -0.05) is 32.6 Å². The van der Waals surface area contributed by atoms with E-state index in [-0.39, 0.29) is 0 Å². The van der Waals surface area contributed by atoms with Crippen LogP contribution in [0.3, 0.4) is 0 Å². The molecule has 114 valence electrons. The zero-order chi connectivity index (χ0) is 14.4. The summed E-state index contributed by atoms with van der Waals surface area (Å²) in [6.07, 6.45) is 10.8. The van der Waals surface area contributed by atoms with Gasteiger partial charge in [0.25, 0.3) is 0 Å². The van der Waals surface area contributed by atoms with Gasteiger partial charge >= 0.3 is 0 Å². The maximum Gasteiger partial charge on any atom is 0.141 e. The Morgan fingerprint density at radius 3 is 2.60 bits per heavy atom. The second-order valence-corrected chi connectivity index (χ2v) is 5.79. The second-order valence-electron chi connectivity index (χ2n) is 5.79. The van der Waals surface area contributed by atoms with Gasteiger partial charge < -0.3 is 14.4 Å². The average Bonchev–Trinajstić information content (AvgIpc) is 2.77. The average molecular weight is 280 g/mol. The number of aliphatic hydroxyl groups is 1. The van der Waals surface area contributed by atoms with Crippen molar-refractivity contribution >= 4 is 0 Å². The first kappa shape index (κ1) is 15.5. The minimum Gasteiger partial charge on any atom is -0.382 e. The summed E-state index contributed by atoms with van der Waals surface area (Å²) in [4.78, 5) is 4.40. The fourth-order valence-electron chi connectivity index (χ4n) is 3.34. The van der Waals surface area contributed by atoms with Crippen LogP contribution in [0.15, 0.2) is 12.4 Å². The number of aliphatic hydroxyl groups excluding tert-OH is 1. The van der Waals surface area contributed by atoms with Crippen LogP contribution in [0.1, 0.15) is 70.7 Å². The molecule has 1 N–H and O–H groups in total. The molecular formula is C16H28N2O2. The van der Waals surface area contributed by atoms with Crippen molar-refractivity contribution < 1.29 is 9.84 Å². The summed E-state index contributed by atoms with van der Waals surface area (Å²) in [7, 11) is 0. The van der Waals surface area contributed by atoms with Crippen molar-refractivity contribution in [3.63, 3.8) is 0 Å². The van der Waals surface area contributed by atoms with E-state index in [1.165, 1.54) is 12.8 Å². The van der Waals surface area contributed by atoms with Crippen molar-refractivity contribution in [3.05, 3.63) is 18.2 Å². The van der Waals surface area contributed by atoms with Crippen LogP contribution in [0.4, 0.5) is 0 Å². The van der Waals surface area contributed by atoms with Crippen LogP contribution in [0.2, 0.25) is 0 Å². The van der Waals surface area contributed by atoms with Gasteiger partial charge in [0.1, 0.15) is 17.5 Å². The van der Waals surface area contributed by atoms with Crippen LogP contribution in [0.25, 0.3) is 0 Å². The number of hydrogen-bond acceptors (Lipinski definition) is 3. The summed E-state index contributed by atoms with van der Waals surface area (Å²) < 4.78 is 8.13. The van der Waals surface area contributed by atoms with Gasteiger partial charge in [0.2, 0.25) is 0 Å². The maximum atomic E-state index is 10.9. The number of aryl methyl sites for hydroxylation is 1. The predicted octanol–water partition coefficient (Wildman–Crippen LogP) is 3.46.